The van der Waals surface area contributed by atoms with Crippen LogP contribution >= 0.6 is 0 Å². The first-order valence-electron chi connectivity index (χ1n) is 8.50. The van der Waals surface area contributed by atoms with Gasteiger partial charge in [-0.3, -0.25) is 10.1 Å². The molecular formula is C20H20N2O4. The Morgan fingerprint density at radius 2 is 1.62 bits per heavy atom. The molecule has 0 radical (unpaired) electrons. The summed E-state index contributed by atoms with van der Waals surface area (Å²) in [7, 11) is 0. The highest BCUT2D eigenvalue weighted by Crippen LogP contribution is 2.26. The van der Waals surface area contributed by atoms with E-state index in [4.69, 9.17) is 9.47 Å². The Kier molecular flexibility index (Phi) is 5.63. The van der Waals surface area contributed by atoms with Crippen molar-refractivity contribution in [3.63, 3.8) is 0 Å². The molecule has 0 spiro atoms. The van der Waals surface area contributed by atoms with Gasteiger partial charge in [0, 0.05) is 17.1 Å². The molecule has 0 fully saturated rings. The Morgan fingerprint density at radius 1 is 0.923 bits per heavy atom. The normalized spacial score (nSPS) is 10.7. The third kappa shape index (κ3) is 4.27. The second-order valence-electron chi connectivity index (χ2n) is 5.91. The van der Waals surface area contributed by atoms with E-state index in [2.05, 4.69) is 4.98 Å². The molecule has 1 heterocycles. The van der Waals surface area contributed by atoms with Gasteiger partial charge in [-0.05, 0) is 38.0 Å². The first-order valence-corrected chi connectivity index (χ1v) is 8.50. The molecule has 0 saturated carbocycles. The van der Waals surface area contributed by atoms with Gasteiger partial charge in [0.1, 0.15) is 11.3 Å². The summed E-state index contributed by atoms with van der Waals surface area (Å²) in [6.07, 6.45) is 1.52. The summed E-state index contributed by atoms with van der Waals surface area (Å²) in [6, 6.07) is 16.3. The number of ether oxygens (including phenoxy) is 2. The quantitative estimate of drug-likeness (QED) is 0.334. The van der Waals surface area contributed by atoms with E-state index in [1.165, 1.54) is 6.07 Å². The van der Waals surface area contributed by atoms with E-state index in [1.807, 2.05) is 37.3 Å². The maximum atomic E-state index is 10.9. The number of para-hydroxylation sites is 3. The number of hydrogen-bond donors (Lipinski definition) is 0. The average molecular weight is 352 g/mol. The van der Waals surface area contributed by atoms with Crippen molar-refractivity contribution in [1.29, 1.82) is 0 Å². The fourth-order valence-corrected chi connectivity index (χ4v) is 2.63. The van der Waals surface area contributed by atoms with Crippen LogP contribution < -0.4 is 9.47 Å². The molecule has 0 bridgehead atoms. The fourth-order valence-electron chi connectivity index (χ4n) is 2.63. The molecule has 2 aromatic carbocycles. The van der Waals surface area contributed by atoms with E-state index in [9.17, 15) is 10.1 Å². The highest BCUT2D eigenvalue weighted by molar-refractivity contribution is 5.84. The van der Waals surface area contributed by atoms with Crippen molar-refractivity contribution in [3.8, 4) is 11.5 Å². The molecule has 0 amide bonds. The van der Waals surface area contributed by atoms with Crippen LogP contribution in [0.15, 0.2) is 54.6 Å². The predicted molar refractivity (Wildman–Crippen MR) is 99.8 cm³/mol. The number of rotatable bonds is 8. The zero-order valence-corrected chi connectivity index (χ0v) is 14.6. The van der Waals surface area contributed by atoms with Crippen molar-refractivity contribution in [2.75, 3.05) is 13.2 Å². The van der Waals surface area contributed by atoms with Gasteiger partial charge < -0.3 is 9.47 Å². The summed E-state index contributed by atoms with van der Waals surface area (Å²) < 4.78 is 11.4. The Bertz CT molecular complexity index is 911. The minimum atomic E-state index is -0.437. The minimum absolute atomic E-state index is 0.0130. The van der Waals surface area contributed by atoms with E-state index in [1.54, 1.807) is 18.2 Å². The smallest absolute Gasteiger partial charge is 0.310 e. The maximum Gasteiger partial charge on any atom is 0.310 e. The first kappa shape index (κ1) is 17.7. The van der Waals surface area contributed by atoms with E-state index >= 15 is 0 Å². The number of aryl methyl sites for hydroxylation is 1. The minimum Gasteiger partial charge on any atom is -0.491 e. The molecule has 3 rings (SSSR count). The molecule has 6 nitrogen and oxygen atoms in total. The predicted octanol–water partition coefficient (Wildman–Crippen LogP) is 4.69. The third-order valence-electron chi connectivity index (χ3n) is 3.94. The summed E-state index contributed by atoms with van der Waals surface area (Å²) in [5.41, 5.74) is 1.80. The molecule has 0 aliphatic carbocycles. The molecule has 6 heteroatoms. The van der Waals surface area contributed by atoms with Crippen LogP contribution in [0.4, 0.5) is 5.69 Å². The standard InChI is InChI=1S/C20H20N2O4/c1-15-11-12-16-7-6-10-19(20(16)21-15)26-14-5-4-13-25-18-9-3-2-8-17(18)22(23)24/h2-3,6-12H,4-5,13-14H2,1H3. The van der Waals surface area contributed by atoms with E-state index < -0.39 is 4.92 Å². The van der Waals surface area contributed by atoms with Gasteiger partial charge in [-0.2, -0.15) is 0 Å². The summed E-state index contributed by atoms with van der Waals surface area (Å²) in [5, 5.41) is 12.0. The van der Waals surface area contributed by atoms with Crippen molar-refractivity contribution in [2.45, 2.75) is 19.8 Å². The van der Waals surface area contributed by atoms with E-state index in [0.29, 0.717) is 19.0 Å². The topological polar surface area (TPSA) is 74.5 Å². The Hall–Kier alpha value is -3.15. The number of pyridine rings is 1. The lowest BCUT2D eigenvalue weighted by molar-refractivity contribution is -0.385. The molecule has 0 aliphatic rings. The lowest BCUT2D eigenvalue weighted by atomic mass is 10.2. The molecule has 3 aromatic rings. The van der Waals surface area contributed by atoms with E-state index in [0.717, 1.165) is 35.2 Å². The second kappa shape index (κ2) is 8.29. The summed E-state index contributed by atoms with van der Waals surface area (Å²) >= 11 is 0. The number of nitro benzene ring substituents is 1. The van der Waals surface area contributed by atoms with Gasteiger partial charge in [-0.1, -0.05) is 30.3 Å². The van der Waals surface area contributed by atoms with Gasteiger partial charge in [-0.15, -0.1) is 0 Å². The van der Waals surface area contributed by atoms with Crippen LogP contribution in [0.25, 0.3) is 10.9 Å². The fraction of sp³-hybridized carbons (Fsp3) is 0.250. The van der Waals surface area contributed by atoms with Crippen molar-refractivity contribution in [1.82, 2.24) is 4.98 Å². The number of benzene rings is 2. The molecule has 0 N–H and O–H groups in total. The number of hydrogen-bond acceptors (Lipinski definition) is 5. The average Bonchev–Trinajstić information content (AvgIpc) is 2.65. The maximum absolute atomic E-state index is 10.9. The Labute approximate surface area is 151 Å². The number of nitrogens with zero attached hydrogens (tertiary/aromatic N) is 2. The van der Waals surface area contributed by atoms with Crippen molar-refractivity contribution >= 4 is 16.6 Å². The molecule has 1 aromatic heterocycles. The molecule has 0 atom stereocenters. The highest BCUT2D eigenvalue weighted by atomic mass is 16.6. The van der Waals surface area contributed by atoms with Gasteiger partial charge in [0.2, 0.25) is 0 Å². The van der Waals surface area contributed by atoms with Crippen LogP contribution in [-0.4, -0.2) is 23.1 Å². The van der Waals surface area contributed by atoms with E-state index in [-0.39, 0.29) is 5.69 Å². The first-order chi connectivity index (χ1) is 12.6. The summed E-state index contributed by atoms with van der Waals surface area (Å²) in [6.45, 7) is 2.90. The lowest BCUT2D eigenvalue weighted by Crippen LogP contribution is -2.04. The zero-order chi connectivity index (χ0) is 18.4. The van der Waals surface area contributed by atoms with Crippen molar-refractivity contribution in [2.24, 2.45) is 0 Å². The lowest BCUT2D eigenvalue weighted by Gasteiger charge is -2.10. The molecular weight excluding hydrogens is 332 g/mol. The SMILES string of the molecule is Cc1ccc2cccc(OCCCCOc3ccccc3[N+](=O)[O-])c2n1. The third-order valence-corrected chi connectivity index (χ3v) is 3.94. The number of unbranched alkanes of at least 4 members (excludes halogenated alkanes) is 1. The molecule has 0 aliphatic heterocycles. The van der Waals surface area contributed by atoms with Gasteiger partial charge >= 0.3 is 5.69 Å². The molecule has 134 valence electrons. The van der Waals surface area contributed by atoms with Crippen LogP contribution in [-0.2, 0) is 0 Å². The van der Waals surface area contributed by atoms with Crippen LogP contribution in [0.1, 0.15) is 18.5 Å². The Morgan fingerprint density at radius 3 is 2.38 bits per heavy atom. The van der Waals surface area contributed by atoms with Crippen molar-refractivity contribution in [3.05, 3.63) is 70.4 Å². The summed E-state index contributed by atoms with van der Waals surface area (Å²) in [4.78, 5) is 15.1. The monoisotopic (exact) mass is 352 g/mol. The van der Waals surface area contributed by atoms with Gasteiger partial charge in [0.25, 0.3) is 0 Å². The summed E-state index contributed by atoms with van der Waals surface area (Å²) in [5.74, 6) is 1.07. The number of fused-ring (bicyclic) bond motifs is 1. The highest BCUT2D eigenvalue weighted by Gasteiger charge is 2.13. The molecule has 0 unspecified atom stereocenters. The Balaban J connectivity index is 1.48. The van der Waals surface area contributed by atoms with Crippen molar-refractivity contribution < 1.29 is 14.4 Å². The van der Waals surface area contributed by atoms with Gasteiger partial charge in [0.15, 0.2) is 5.75 Å². The van der Waals surface area contributed by atoms with Crippen LogP contribution in [0.3, 0.4) is 0 Å². The number of nitro groups is 1. The van der Waals surface area contributed by atoms with Crippen LogP contribution in [0.5, 0.6) is 11.5 Å². The zero-order valence-electron chi connectivity index (χ0n) is 14.6. The van der Waals surface area contributed by atoms with Gasteiger partial charge in [0.05, 0.1) is 18.1 Å². The largest absolute Gasteiger partial charge is 0.491 e. The number of aromatic nitrogens is 1. The second-order valence-corrected chi connectivity index (χ2v) is 5.91. The molecule has 0 saturated heterocycles. The van der Waals surface area contributed by atoms with Crippen LogP contribution in [0.2, 0.25) is 0 Å². The van der Waals surface area contributed by atoms with Crippen LogP contribution in [0, 0.1) is 17.0 Å². The van der Waals surface area contributed by atoms with Gasteiger partial charge in [-0.25, -0.2) is 4.98 Å². The molecule has 26 heavy (non-hydrogen) atoms.